The molecular formula is C25H26N2O3. The van der Waals surface area contributed by atoms with Crippen LogP contribution in [0.2, 0.25) is 0 Å². The molecule has 154 valence electrons. The third-order valence-electron chi connectivity index (χ3n) is 4.69. The highest BCUT2D eigenvalue weighted by atomic mass is 16.3. The fourth-order valence-electron chi connectivity index (χ4n) is 3.06. The van der Waals surface area contributed by atoms with Gasteiger partial charge in [0.15, 0.2) is 0 Å². The van der Waals surface area contributed by atoms with Gasteiger partial charge in [0.2, 0.25) is 0 Å². The minimum absolute atomic E-state index is 0.0615. The molecule has 3 aromatic rings. The van der Waals surface area contributed by atoms with Crippen molar-refractivity contribution in [2.75, 3.05) is 0 Å². The lowest BCUT2D eigenvalue weighted by molar-refractivity contribution is -0.118. The molecule has 0 aliphatic carbocycles. The molecule has 0 aliphatic heterocycles. The fraction of sp³-hybridized carbons (Fsp3) is 0.200. The van der Waals surface area contributed by atoms with Gasteiger partial charge in [0.1, 0.15) is 11.5 Å². The van der Waals surface area contributed by atoms with Crippen LogP contribution in [0.5, 0.6) is 0 Å². The second-order valence-electron chi connectivity index (χ2n) is 7.30. The number of hydrogen-bond acceptors (Lipinski definition) is 3. The molecule has 1 heterocycles. The van der Waals surface area contributed by atoms with Crippen LogP contribution in [0, 0.1) is 6.92 Å². The van der Waals surface area contributed by atoms with Crippen molar-refractivity contribution in [2.24, 2.45) is 0 Å². The highest BCUT2D eigenvalue weighted by Gasteiger charge is 2.17. The molecule has 0 bridgehead atoms. The first-order chi connectivity index (χ1) is 14.5. The second-order valence-corrected chi connectivity index (χ2v) is 7.30. The zero-order valence-corrected chi connectivity index (χ0v) is 17.2. The van der Waals surface area contributed by atoms with E-state index >= 15 is 0 Å². The SMILES string of the molecule is Cc1cccc(C(=O)N/C(=C\c2ccco2)C(=O)N[C@@H](C)CCc2ccccc2)c1. The van der Waals surface area contributed by atoms with Gasteiger partial charge >= 0.3 is 0 Å². The summed E-state index contributed by atoms with van der Waals surface area (Å²) >= 11 is 0. The Morgan fingerprint density at radius 2 is 1.83 bits per heavy atom. The summed E-state index contributed by atoms with van der Waals surface area (Å²) in [5, 5.41) is 5.70. The molecule has 3 rings (SSSR count). The monoisotopic (exact) mass is 402 g/mol. The highest BCUT2D eigenvalue weighted by Crippen LogP contribution is 2.10. The van der Waals surface area contributed by atoms with Gasteiger partial charge in [-0.1, -0.05) is 48.0 Å². The lowest BCUT2D eigenvalue weighted by atomic mass is 10.1. The van der Waals surface area contributed by atoms with Crippen LogP contribution in [0.3, 0.4) is 0 Å². The molecule has 0 unspecified atom stereocenters. The van der Waals surface area contributed by atoms with Gasteiger partial charge < -0.3 is 15.1 Å². The number of hydrogen-bond donors (Lipinski definition) is 2. The van der Waals surface area contributed by atoms with Crippen LogP contribution in [0.25, 0.3) is 6.08 Å². The highest BCUT2D eigenvalue weighted by molar-refractivity contribution is 6.05. The van der Waals surface area contributed by atoms with Gasteiger partial charge in [-0.15, -0.1) is 0 Å². The van der Waals surface area contributed by atoms with E-state index in [0.717, 1.165) is 18.4 Å². The molecule has 1 atom stereocenters. The number of carbonyl (C=O) groups excluding carboxylic acids is 2. The number of amides is 2. The first-order valence-corrected chi connectivity index (χ1v) is 9.99. The van der Waals surface area contributed by atoms with E-state index in [1.807, 2.05) is 44.2 Å². The van der Waals surface area contributed by atoms with Crippen molar-refractivity contribution in [3.8, 4) is 0 Å². The molecule has 2 amide bonds. The molecule has 0 saturated carbocycles. The predicted octanol–water partition coefficient (Wildman–Crippen LogP) is 4.50. The molecule has 2 N–H and O–H groups in total. The van der Waals surface area contributed by atoms with E-state index < -0.39 is 0 Å². The Labute approximate surface area is 176 Å². The van der Waals surface area contributed by atoms with Crippen LogP contribution < -0.4 is 10.6 Å². The Bertz CT molecular complexity index is 1010. The summed E-state index contributed by atoms with van der Waals surface area (Å²) in [6.07, 6.45) is 4.70. The molecule has 0 aliphatic rings. The van der Waals surface area contributed by atoms with E-state index in [2.05, 4.69) is 22.8 Å². The maximum atomic E-state index is 12.9. The maximum Gasteiger partial charge on any atom is 0.268 e. The van der Waals surface area contributed by atoms with Gasteiger partial charge in [-0.3, -0.25) is 9.59 Å². The molecule has 0 fully saturated rings. The minimum atomic E-state index is -0.354. The average molecular weight is 402 g/mol. The van der Waals surface area contributed by atoms with Crippen molar-refractivity contribution >= 4 is 17.9 Å². The van der Waals surface area contributed by atoms with Gasteiger partial charge in [-0.05, 0) is 56.5 Å². The number of aryl methyl sites for hydroxylation is 2. The third kappa shape index (κ3) is 6.21. The molecule has 1 aromatic heterocycles. The molecule has 2 aromatic carbocycles. The molecular weight excluding hydrogens is 376 g/mol. The van der Waals surface area contributed by atoms with Crippen molar-refractivity contribution in [3.63, 3.8) is 0 Å². The van der Waals surface area contributed by atoms with Gasteiger partial charge in [-0.25, -0.2) is 0 Å². The van der Waals surface area contributed by atoms with Crippen molar-refractivity contribution < 1.29 is 14.0 Å². The van der Waals surface area contributed by atoms with Crippen LogP contribution in [0.4, 0.5) is 0 Å². The molecule has 0 saturated heterocycles. The zero-order chi connectivity index (χ0) is 21.3. The fourth-order valence-corrected chi connectivity index (χ4v) is 3.06. The Hall–Kier alpha value is -3.60. The van der Waals surface area contributed by atoms with E-state index in [0.29, 0.717) is 11.3 Å². The number of furan rings is 1. The lowest BCUT2D eigenvalue weighted by Gasteiger charge is -2.16. The Kier molecular flexibility index (Phi) is 7.22. The van der Waals surface area contributed by atoms with Crippen LogP contribution in [0.15, 0.2) is 83.1 Å². The van der Waals surface area contributed by atoms with Crippen LogP contribution in [-0.2, 0) is 11.2 Å². The summed E-state index contributed by atoms with van der Waals surface area (Å²) in [6.45, 7) is 3.87. The summed E-state index contributed by atoms with van der Waals surface area (Å²) in [5.74, 6) is -0.210. The predicted molar refractivity (Wildman–Crippen MR) is 118 cm³/mol. The van der Waals surface area contributed by atoms with Crippen molar-refractivity contribution in [1.82, 2.24) is 10.6 Å². The van der Waals surface area contributed by atoms with Crippen LogP contribution >= 0.6 is 0 Å². The Morgan fingerprint density at radius 1 is 1.03 bits per heavy atom. The minimum Gasteiger partial charge on any atom is -0.465 e. The average Bonchev–Trinajstić information content (AvgIpc) is 3.25. The zero-order valence-electron chi connectivity index (χ0n) is 17.2. The molecule has 0 spiro atoms. The number of rotatable bonds is 8. The number of benzene rings is 2. The third-order valence-corrected chi connectivity index (χ3v) is 4.69. The van der Waals surface area contributed by atoms with Crippen LogP contribution in [0.1, 0.15) is 40.6 Å². The van der Waals surface area contributed by atoms with Gasteiger partial charge in [0.05, 0.1) is 6.26 Å². The van der Waals surface area contributed by atoms with E-state index in [-0.39, 0.29) is 23.6 Å². The summed E-state index contributed by atoms with van der Waals surface area (Å²) < 4.78 is 5.32. The molecule has 5 heteroatoms. The standard InChI is InChI=1S/C25H26N2O3/c1-18-8-6-11-21(16-18)24(28)27-23(17-22-12-7-15-30-22)25(29)26-19(2)13-14-20-9-4-3-5-10-20/h3-12,15-17,19H,13-14H2,1-2H3,(H,26,29)(H,27,28)/b23-17-/t19-/m0/s1. The van der Waals surface area contributed by atoms with E-state index in [1.165, 1.54) is 17.9 Å². The normalized spacial score (nSPS) is 12.3. The first-order valence-electron chi connectivity index (χ1n) is 9.99. The van der Waals surface area contributed by atoms with Gasteiger partial charge in [-0.2, -0.15) is 0 Å². The van der Waals surface area contributed by atoms with Crippen LogP contribution in [-0.4, -0.2) is 17.9 Å². The summed E-state index contributed by atoms with van der Waals surface area (Å²) in [7, 11) is 0. The molecule has 5 nitrogen and oxygen atoms in total. The summed E-state index contributed by atoms with van der Waals surface area (Å²) in [6, 6.07) is 20.7. The van der Waals surface area contributed by atoms with Gasteiger partial charge in [0, 0.05) is 17.7 Å². The number of nitrogens with one attached hydrogen (secondary N) is 2. The quantitative estimate of drug-likeness (QED) is 0.545. The maximum absolute atomic E-state index is 12.9. The number of carbonyl (C=O) groups is 2. The Morgan fingerprint density at radius 3 is 2.53 bits per heavy atom. The smallest absolute Gasteiger partial charge is 0.268 e. The van der Waals surface area contributed by atoms with Gasteiger partial charge in [0.25, 0.3) is 11.8 Å². The molecule has 30 heavy (non-hydrogen) atoms. The second kappa shape index (κ2) is 10.3. The van der Waals surface area contributed by atoms with Crippen molar-refractivity contribution in [2.45, 2.75) is 32.7 Å². The topological polar surface area (TPSA) is 71.3 Å². The first kappa shape index (κ1) is 21.1. The molecule has 0 radical (unpaired) electrons. The van der Waals surface area contributed by atoms with E-state index in [4.69, 9.17) is 4.42 Å². The largest absolute Gasteiger partial charge is 0.465 e. The van der Waals surface area contributed by atoms with Crippen molar-refractivity contribution in [1.29, 1.82) is 0 Å². The van der Waals surface area contributed by atoms with Crippen molar-refractivity contribution in [3.05, 3.63) is 101 Å². The summed E-state index contributed by atoms with van der Waals surface area (Å²) in [4.78, 5) is 25.6. The summed E-state index contributed by atoms with van der Waals surface area (Å²) in [5.41, 5.74) is 2.82. The lowest BCUT2D eigenvalue weighted by Crippen LogP contribution is -2.39. The Balaban J connectivity index is 1.68. The van der Waals surface area contributed by atoms with E-state index in [9.17, 15) is 9.59 Å². The van der Waals surface area contributed by atoms with E-state index in [1.54, 1.807) is 24.3 Å².